The third kappa shape index (κ3) is 5.56. The summed E-state index contributed by atoms with van der Waals surface area (Å²) in [7, 11) is 0. The molecular formula is C21H27FN4O4. The van der Waals surface area contributed by atoms with Crippen molar-refractivity contribution in [1.29, 1.82) is 0 Å². The Balaban J connectivity index is 1.57. The number of piperidine rings is 1. The maximum atomic E-state index is 14.4. The van der Waals surface area contributed by atoms with E-state index in [2.05, 4.69) is 20.2 Å². The van der Waals surface area contributed by atoms with Gasteiger partial charge in [-0.2, -0.15) is 4.39 Å². The molecule has 2 aromatic rings. The number of halogens is 1. The number of hydrogen-bond acceptors (Lipinski definition) is 7. The number of nitrogens with zero attached hydrogens (tertiary/aromatic N) is 3. The Hall–Kier alpha value is -2.94. The number of aromatic nitrogens is 2. The predicted octanol–water partition coefficient (Wildman–Crippen LogP) is 3.19. The monoisotopic (exact) mass is 418 g/mol. The summed E-state index contributed by atoms with van der Waals surface area (Å²) < 4.78 is 25.3. The van der Waals surface area contributed by atoms with Crippen LogP contribution in [-0.4, -0.2) is 58.3 Å². The Morgan fingerprint density at radius 2 is 1.80 bits per heavy atom. The molecule has 9 heteroatoms. The molecule has 2 N–H and O–H groups in total. The van der Waals surface area contributed by atoms with Crippen LogP contribution in [0.2, 0.25) is 0 Å². The normalized spacial score (nSPS) is 15.0. The molecule has 1 fully saturated rings. The van der Waals surface area contributed by atoms with Crippen molar-refractivity contribution >= 4 is 11.8 Å². The van der Waals surface area contributed by atoms with Crippen LogP contribution < -0.4 is 14.8 Å². The minimum atomic E-state index is -1.09. The highest BCUT2D eigenvalue weighted by Crippen LogP contribution is 2.30. The standard InChI is InChI=1S/C21H27FN4O4/c1-3-29-17-9-14(10-18(20(17)22)30-4-2)13-26-7-5-15(6-8-26)25-19-12-23-16(11-24-19)21(27)28/h9-12,15H,3-8,13H2,1-2H3,(H,24,25)(H,27,28). The summed E-state index contributed by atoms with van der Waals surface area (Å²) >= 11 is 0. The molecule has 0 spiro atoms. The Morgan fingerprint density at radius 3 is 2.30 bits per heavy atom. The topological polar surface area (TPSA) is 96.8 Å². The third-order valence-corrected chi connectivity index (χ3v) is 4.88. The number of likely N-dealkylation sites (tertiary alicyclic amines) is 1. The molecule has 1 aliphatic heterocycles. The van der Waals surface area contributed by atoms with E-state index in [1.165, 1.54) is 12.4 Å². The van der Waals surface area contributed by atoms with Gasteiger partial charge >= 0.3 is 5.97 Å². The molecule has 162 valence electrons. The van der Waals surface area contributed by atoms with Gasteiger partial charge < -0.3 is 19.9 Å². The Kier molecular flexibility index (Phi) is 7.40. The summed E-state index contributed by atoms with van der Waals surface area (Å²) in [6, 6.07) is 3.72. The van der Waals surface area contributed by atoms with E-state index in [1.807, 2.05) is 13.8 Å². The van der Waals surface area contributed by atoms with E-state index in [-0.39, 0.29) is 23.2 Å². The fourth-order valence-corrected chi connectivity index (χ4v) is 3.45. The third-order valence-electron chi connectivity index (χ3n) is 4.88. The number of aromatic carboxylic acids is 1. The molecule has 8 nitrogen and oxygen atoms in total. The quantitative estimate of drug-likeness (QED) is 0.641. The zero-order valence-electron chi connectivity index (χ0n) is 17.2. The molecule has 30 heavy (non-hydrogen) atoms. The second-order valence-corrected chi connectivity index (χ2v) is 7.06. The molecule has 2 heterocycles. The summed E-state index contributed by atoms with van der Waals surface area (Å²) in [4.78, 5) is 21.1. The lowest BCUT2D eigenvalue weighted by Gasteiger charge is -2.32. The fourth-order valence-electron chi connectivity index (χ4n) is 3.45. The van der Waals surface area contributed by atoms with E-state index in [0.717, 1.165) is 31.5 Å². The van der Waals surface area contributed by atoms with Crippen molar-refractivity contribution in [3.63, 3.8) is 0 Å². The minimum Gasteiger partial charge on any atom is -0.491 e. The first-order chi connectivity index (χ1) is 14.5. The molecule has 1 saturated heterocycles. The van der Waals surface area contributed by atoms with Gasteiger partial charge in [0, 0.05) is 25.7 Å². The Bertz CT molecular complexity index is 828. The number of nitrogens with one attached hydrogen (secondary N) is 1. The molecule has 0 aliphatic carbocycles. The lowest BCUT2D eigenvalue weighted by molar-refractivity contribution is 0.0690. The van der Waals surface area contributed by atoms with Crippen LogP contribution in [0.25, 0.3) is 0 Å². The van der Waals surface area contributed by atoms with E-state index >= 15 is 0 Å². The van der Waals surface area contributed by atoms with E-state index in [0.29, 0.717) is 25.6 Å². The second kappa shape index (κ2) is 10.2. The van der Waals surface area contributed by atoms with Gasteiger partial charge in [0.2, 0.25) is 5.82 Å². The molecule has 0 radical (unpaired) electrons. The first-order valence-corrected chi connectivity index (χ1v) is 10.1. The maximum Gasteiger partial charge on any atom is 0.356 e. The van der Waals surface area contributed by atoms with E-state index in [9.17, 15) is 9.18 Å². The van der Waals surface area contributed by atoms with Gasteiger partial charge in [-0.3, -0.25) is 4.90 Å². The number of ether oxygens (including phenoxy) is 2. The molecule has 0 unspecified atom stereocenters. The van der Waals surface area contributed by atoms with Crippen LogP contribution in [0.3, 0.4) is 0 Å². The highest BCUT2D eigenvalue weighted by atomic mass is 19.1. The van der Waals surface area contributed by atoms with Crippen LogP contribution >= 0.6 is 0 Å². The largest absolute Gasteiger partial charge is 0.491 e. The molecule has 3 rings (SSSR count). The van der Waals surface area contributed by atoms with Gasteiger partial charge in [-0.05, 0) is 44.4 Å². The molecule has 0 saturated carbocycles. The average molecular weight is 418 g/mol. The highest BCUT2D eigenvalue weighted by Gasteiger charge is 2.21. The van der Waals surface area contributed by atoms with E-state index < -0.39 is 11.8 Å². The smallest absolute Gasteiger partial charge is 0.356 e. The van der Waals surface area contributed by atoms with Crippen molar-refractivity contribution in [3.05, 3.63) is 41.6 Å². The highest BCUT2D eigenvalue weighted by molar-refractivity contribution is 5.84. The summed E-state index contributed by atoms with van der Waals surface area (Å²) in [5, 5.41) is 12.2. The van der Waals surface area contributed by atoms with Crippen LogP contribution in [0.5, 0.6) is 11.5 Å². The van der Waals surface area contributed by atoms with Crippen molar-refractivity contribution in [2.75, 3.05) is 31.6 Å². The molecule has 1 aromatic heterocycles. The van der Waals surface area contributed by atoms with Crippen LogP contribution in [0.4, 0.5) is 10.2 Å². The van der Waals surface area contributed by atoms with Gasteiger partial charge in [0.25, 0.3) is 0 Å². The lowest BCUT2D eigenvalue weighted by atomic mass is 10.0. The van der Waals surface area contributed by atoms with E-state index in [1.54, 1.807) is 12.1 Å². The predicted molar refractivity (Wildman–Crippen MR) is 110 cm³/mol. The van der Waals surface area contributed by atoms with Crippen LogP contribution in [0.1, 0.15) is 42.7 Å². The van der Waals surface area contributed by atoms with Gasteiger partial charge in [0.15, 0.2) is 17.2 Å². The summed E-state index contributed by atoms with van der Waals surface area (Å²) in [6.07, 6.45) is 4.50. The minimum absolute atomic E-state index is 0.0764. The Morgan fingerprint density at radius 1 is 1.17 bits per heavy atom. The van der Waals surface area contributed by atoms with Crippen LogP contribution in [0.15, 0.2) is 24.5 Å². The maximum absolute atomic E-state index is 14.4. The summed E-state index contributed by atoms with van der Waals surface area (Å²) in [6.45, 7) is 6.83. The van der Waals surface area contributed by atoms with Crippen molar-refractivity contribution in [2.45, 2.75) is 39.3 Å². The zero-order chi connectivity index (χ0) is 21.5. The SMILES string of the molecule is CCOc1cc(CN2CCC(Nc3cnc(C(=O)O)cn3)CC2)cc(OCC)c1F. The number of carboxylic acids is 1. The first-order valence-electron chi connectivity index (χ1n) is 10.1. The molecule has 1 aliphatic rings. The Labute approximate surface area is 175 Å². The first kappa shape index (κ1) is 21.8. The zero-order valence-corrected chi connectivity index (χ0v) is 17.2. The fraction of sp³-hybridized carbons (Fsp3) is 0.476. The van der Waals surface area contributed by atoms with Crippen molar-refractivity contribution in [1.82, 2.24) is 14.9 Å². The number of carbonyl (C=O) groups is 1. The van der Waals surface area contributed by atoms with Gasteiger partial charge in [-0.1, -0.05) is 0 Å². The van der Waals surface area contributed by atoms with Crippen molar-refractivity contribution < 1.29 is 23.8 Å². The van der Waals surface area contributed by atoms with Gasteiger partial charge in [-0.15, -0.1) is 0 Å². The van der Waals surface area contributed by atoms with E-state index in [4.69, 9.17) is 14.6 Å². The molecular weight excluding hydrogens is 391 g/mol. The van der Waals surface area contributed by atoms with Crippen LogP contribution in [0, 0.1) is 5.82 Å². The van der Waals surface area contributed by atoms with Gasteiger partial charge in [0.1, 0.15) is 5.82 Å². The second-order valence-electron chi connectivity index (χ2n) is 7.06. The molecule has 1 aromatic carbocycles. The molecule has 0 atom stereocenters. The van der Waals surface area contributed by atoms with Crippen molar-refractivity contribution in [2.24, 2.45) is 0 Å². The van der Waals surface area contributed by atoms with Gasteiger partial charge in [0.05, 0.1) is 25.6 Å². The van der Waals surface area contributed by atoms with Crippen molar-refractivity contribution in [3.8, 4) is 11.5 Å². The number of hydrogen-bond donors (Lipinski definition) is 2. The number of anilines is 1. The average Bonchev–Trinajstić information content (AvgIpc) is 2.73. The summed E-state index contributed by atoms with van der Waals surface area (Å²) in [5.41, 5.74) is 0.873. The number of carboxylic acid groups (broad SMARTS) is 1. The molecule has 0 amide bonds. The number of benzene rings is 1. The molecule has 0 bridgehead atoms. The van der Waals surface area contributed by atoms with Crippen LogP contribution in [-0.2, 0) is 6.54 Å². The lowest BCUT2D eigenvalue weighted by Crippen LogP contribution is -2.38. The summed E-state index contributed by atoms with van der Waals surface area (Å²) in [5.74, 6) is -0.542. The van der Waals surface area contributed by atoms with Gasteiger partial charge in [-0.25, -0.2) is 14.8 Å². The number of rotatable bonds is 9.